The molecule has 0 spiro atoms. The molecule has 0 fully saturated rings. The fraction of sp³-hybridized carbons (Fsp3) is 0.412. The van der Waals surface area contributed by atoms with Gasteiger partial charge in [-0.3, -0.25) is 4.79 Å². The van der Waals surface area contributed by atoms with Crippen LogP contribution in [0.25, 0.3) is 5.57 Å². The summed E-state index contributed by atoms with van der Waals surface area (Å²) in [6, 6.07) is 9.51. The van der Waals surface area contributed by atoms with Gasteiger partial charge in [0.25, 0.3) is 0 Å². The topological polar surface area (TPSA) is 52.6 Å². The second-order valence-electron chi connectivity index (χ2n) is 4.51. The van der Waals surface area contributed by atoms with Crippen LogP contribution >= 0.6 is 0 Å². The molecular formula is C17H22O4. The molecule has 1 rings (SSSR count). The third-order valence-corrected chi connectivity index (χ3v) is 2.79. The van der Waals surface area contributed by atoms with E-state index in [1.165, 1.54) is 6.08 Å². The zero-order chi connectivity index (χ0) is 15.5. The van der Waals surface area contributed by atoms with Crippen molar-refractivity contribution in [2.24, 2.45) is 0 Å². The molecule has 0 saturated heterocycles. The van der Waals surface area contributed by atoms with E-state index in [9.17, 15) is 9.59 Å². The van der Waals surface area contributed by atoms with Crippen LogP contribution in [0.5, 0.6) is 0 Å². The fourth-order valence-corrected chi connectivity index (χ4v) is 1.81. The van der Waals surface area contributed by atoms with Crippen molar-refractivity contribution in [2.45, 2.75) is 33.1 Å². The van der Waals surface area contributed by atoms with Crippen LogP contribution in [0.2, 0.25) is 0 Å². The monoisotopic (exact) mass is 290 g/mol. The Morgan fingerprint density at radius 2 is 1.76 bits per heavy atom. The minimum atomic E-state index is -0.375. The highest BCUT2D eigenvalue weighted by molar-refractivity contribution is 5.92. The van der Waals surface area contributed by atoms with Crippen LogP contribution < -0.4 is 0 Å². The Bertz CT molecular complexity index is 477. The lowest BCUT2D eigenvalue weighted by Gasteiger charge is -2.08. The van der Waals surface area contributed by atoms with Gasteiger partial charge < -0.3 is 9.47 Å². The van der Waals surface area contributed by atoms with Gasteiger partial charge in [0.2, 0.25) is 0 Å². The third-order valence-electron chi connectivity index (χ3n) is 2.79. The predicted octanol–water partition coefficient (Wildman–Crippen LogP) is 3.37. The van der Waals surface area contributed by atoms with Crippen molar-refractivity contribution in [1.82, 2.24) is 0 Å². The molecule has 0 atom stereocenters. The molecule has 0 heterocycles. The number of esters is 2. The largest absolute Gasteiger partial charge is 0.466 e. The summed E-state index contributed by atoms with van der Waals surface area (Å²) in [7, 11) is 0. The Kier molecular flexibility index (Phi) is 7.87. The van der Waals surface area contributed by atoms with Crippen molar-refractivity contribution in [3.8, 4) is 0 Å². The maximum absolute atomic E-state index is 11.7. The third kappa shape index (κ3) is 6.75. The lowest BCUT2D eigenvalue weighted by atomic mass is 10.0. The standard InChI is InChI=1S/C17H22O4/c1-3-12-21-17(19)13-15(10-11-16(18)20-4-2)14-8-6-5-7-9-14/h5-9,13H,3-4,10-12H2,1-2H3/b15-13-. The second kappa shape index (κ2) is 9.75. The summed E-state index contributed by atoms with van der Waals surface area (Å²) < 4.78 is 9.98. The van der Waals surface area contributed by atoms with Crippen LogP contribution in [0.3, 0.4) is 0 Å². The van der Waals surface area contributed by atoms with Gasteiger partial charge in [-0.2, -0.15) is 0 Å². The first kappa shape index (κ1) is 17.0. The summed E-state index contributed by atoms with van der Waals surface area (Å²) >= 11 is 0. The SMILES string of the molecule is CCCOC(=O)/C=C(/CCC(=O)OCC)c1ccccc1. The van der Waals surface area contributed by atoms with Crippen molar-refractivity contribution >= 4 is 17.5 Å². The molecule has 0 bridgehead atoms. The number of rotatable bonds is 8. The van der Waals surface area contributed by atoms with Gasteiger partial charge in [0, 0.05) is 12.5 Å². The van der Waals surface area contributed by atoms with Crippen LogP contribution in [0.1, 0.15) is 38.7 Å². The van der Waals surface area contributed by atoms with Gasteiger partial charge in [-0.15, -0.1) is 0 Å². The normalized spacial score (nSPS) is 11.0. The Hall–Kier alpha value is -2.10. The Morgan fingerprint density at radius 3 is 2.38 bits per heavy atom. The van der Waals surface area contributed by atoms with Crippen molar-refractivity contribution in [3.05, 3.63) is 42.0 Å². The molecule has 4 nitrogen and oxygen atoms in total. The number of hydrogen-bond donors (Lipinski definition) is 0. The van der Waals surface area contributed by atoms with E-state index in [1.807, 2.05) is 37.3 Å². The van der Waals surface area contributed by atoms with E-state index >= 15 is 0 Å². The van der Waals surface area contributed by atoms with E-state index < -0.39 is 0 Å². The quantitative estimate of drug-likeness (QED) is 0.544. The lowest BCUT2D eigenvalue weighted by Crippen LogP contribution is -2.06. The summed E-state index contributed by atoms with van der Waals surface area (Å²) in [5, 5.41) is 0. The summed E-state index contributed by atoms with van der Waals surface area (Å²) in [6.45, 7) is 4.47. The van der Waals surface area contributed by atoms with Gasteiger partial charge >= 0.3 is 11.9 Å². The van der Waals surface area contributed by atoms with E-state index in [1.54, 1.807) is 6.92 Å². The molecule has 0 amide bonds. The molecule has 1 aromatic rings. The molecule has 0 N–H and O–H groups in total. The minimum Gasteiger partial charge on any atom is -0.466 e. The Morgan fingerprint density at radius 1 is 1.05 bits per heavy atom. The number of hydrogen-bond acceptors (Lipinski definition) is 4. The number of benzene rings is 1. The summed E-state index contributed by atoms with van der Waals surface area (Å²) in [4.78, 5) is 23.2. The first-order valence-electron chi connectivity index (χ1n) is 7.25. The highest BCUT2D eigenvalue weighted by atomic mass is 16.5. The zero-order valence-electron chi connectivity index (χ0n) is 12.6. The Labute approximate surface area is 125 Å². The molecule has 114 valence electrons. The highest BCUT2D eigenvalue weighted by Crippen LogP contribution is 2.20. The average molecular weight is 290 g/mol. The average Bonchev–Trinajstić information content (AvgIpc) is 2.50. The van der Waals surface area contributed by atoms with E-state index in [4.69, 9.17) is 9.47 Å². The minimum absolute atomic E-state index is 0.246. The predicted molar refractivity (Wildman–Crippen MR) is 81.5 cm³/mol. The van der Waals surface area contributed by atoms with Crippen LogP contribution in [-0.4, -0.2) is 25.2 Å². The van der Waals surface area contributed by atoms with Gasteiger partial charge in [0.05, 0.1) is 13.2 Å². The van der Waals surface area contributed by atoms with Crippen LogP contribution in [0.15, 0.2) is 36.4 Å². The molecule has 21 heavy (non-hydrogen) atoms. The van der Waals surface area contributed by atoms with Crippen molar-refractivity contribution in [1.29, 1.82) is 0 Å². The number of allylic oxidation sites excluding steroid dienone is 1. The van der Waals surface area contributed by atoms with E-state index in [0.29, 0.717) is 19.6 Å². The Balaban J connectivity index is 2.78. The molecule has 0 aromatic heterocycles. The van der Waals surface area contributed by atoms with Gasteiger partial charge in [0.15, 0.2) is 0 Å². The smallest absolute Gasteiger partial charge is 0.331 e. The molecule has 0 saturated carbocycles. The maximum atomic E-state index is 11.7. The molecule has 4 heteroatoms. The highest BCUT2D eigenvalue weighted by Gasteiger charge is 2.09. The van der Waals surface area contributed by atoms with Crippen LogP contribution in [0.4, 0.5) is 0 Å². The van der Waals surface area contributed by atoms with Crippen molar-refractivity contribution < 1.29 is 19.1 Å². The molecular weight excluding hydrogens is 268 g/mol. The van der Waals surface area contributed by atoms with Gasteiger partial charge in [-0.05, 0) is 30.9 Å². The molecule has 0 radical (unpaired) electrons. The van der Waals surface area contributed by atoms with Gasteiger partial charge in [0.1, 0.15) is 0 Å². The maximum Gasteiger partial charge on any atom is 0.331 e. The molecule has 1 aromatic carbocycles. The lowest BCUT2D eigenvalue weighted by molar-refractivity contribution is -0.143. The molecule has 0 aliphatic heterocycles. The number of ether oxygens (including phenoxy) is 2. The molecule has 0 unspecified atom stereocenters. The summed E-state index contributed by atoms with van der Waals surface area (Å²) in [5.41, 5.74) is 1.69. The number of carbonyl (C=O) groups is 2. The fourth-order valence-electron chi connectivity index (χ4n) is 1.81. The number of carbonyl (C=O) groups excluding carboxylic acids is 2. The first-order chi connectivity index (χ1) is 10.2. The molecule has 0 aliphatic carbocycles. The molecule has 0 aliphatic rings. The second-order valence-corrected chi connectivity index (χ2v) is 4.51. The van der Waals surface area contributed by atoms with Crippen molar-refractivity contribution in [2.75, 3.05) is 13.2 Å². The van der Waals surface area contributed by atoms with E-state index in [0.717, 1.165) is 17.6 Å². The van der Waals surface area contributed by atoms with Gasteiger partial charge in [-0.25, -0.2) is 4.79 Å². The zero-order valence-corrected chi connectivity index (χ0v) is 12.6. The van der Waals surface area contributed by atoms with Crippen molar-refractivity contribution in [3.63, 3.8) is 0 Å². The first-order valence-corrected chi connectivity index (χ1v) is 7.25. The van der Waals surface area contributed by atoms with Gasteiger partial charge in [-0.1, -0.05) is 37.3 Å². The van der Waals surface area contributed by atoms with Crippen LogP contribution in [0, 0.1) is 0 Å². The summed E-state index contributed by atoms with van der Waals surface area (Å²) in [6.07, 6.45) is 2.94. The summed E-state index contributed by atoms with van der Waals surface area (Å²) in [5.74, 6) is -0.638. The van der Waals surface area contributed by atoms with Crippen LogP contribution in [-0.2, 0) is 19.1 Å². The van der Waals surface area contributed by atoms with E-state index in [-0.39, 0.29) is 18.4 Å². The van der Waals surface area contributed by atoms with E-state index in [2.05, 4.69) is 0 Å².